The molecule has 1 atom stereocenters. The average Bonchev–Trinajstić information content (AvgIpc) is 2.93. The number of benzene rings is 1. The van der Waals surface area contributed by atoms with Gasteiger partial charge in [-0.25, -0.2) is 4.39 Å². The molecular weight excluding hydrogens is 261 g/mol. The van der Waals surface area contributed by atoms with E-state index in [4.69, 9.17) is 4.74 Å². The number of ether oxygens (including phenoxy) is 1. The highest BCUT2D eigenvalue weighted by atomic mass is 32.1. The van der Waals surface area contributed by atoms with Crippen molar-refractivity contribution in [2.45, 2.75) is 19.4 Å². The molecule has 102 valence electrons. The van der Waals surface area contributed by atoms with Gasteiger partial charge in [-0.3, -0.25) is 0 Å². The number of thiophene rings is 1. The third-order valence-corrected chi connectivity index (χ3v) is 4.01. The van der Waals surface area contributed by atoms with Gasteiger partial charge in [0.05, 0.1) is 6.61 Å². The smallest absolute Gasteiger partial charge is 0.165 e. The van der Waals surface area contributed by atoms with Crippen LogP contribution in [0.2, 0.25) is 0 Å². The minimum atomic E-state index is -0.300. The summed E-state index contributed by atoms with van der Waals surface area (Å²) >= 11 is 1.69. The zero-order valence-electron chi connectivity index (χ0n) is 11.2. The van der Waals surface area contributed by atoms with E-state index in [1.165, 1.54) is 10.9 Å². The van der Waals surface area contributed by atoms with Crippen LogP contribution in [0.5, 0.6) is 5.75 Å². The minimum absolute atomic E-state index is 0.0624. The van der Waals surface area contributed by atoms with Crippen molar-refractivity contribution in [3.8, 4) is 5.75 Å². The number of nitrogens with one attached hydrogen (secondary N) is 1. The summed E-state index contributed by atoms with van der Waals surface area (Å²) in [6.07, 6.45) is 0.805. The quantitative estimate of drug-likeness (QED) is 0.868. The standard InChI is InChI=1S/C15H18FNOS/c1-11(17-2)13-6-3-7-14(16)15(13)18-9-8-12-5-4-10-19-12/h3-7,10-11,17H,8-9H2,1-2H3. The zero-order valence-corrected chi connectivity index (χ0v) is 12.0. The van der Waals surface area contributed by atoms with Gasteiger partial charge in [-0.2, -0.15) is 0 Å². The van der Waals surface area contributed by atoms with Gasteiger partial charge in [-0.15, -0.1) is 11.3 Å². The van der Waals surface area contributed by atoms with E-state index in [0.717, 1.165) is 12.0 Å². The van der Waals surface area contributed by atoms with Crippen LogP contribution in [-0.4, -0.2) is 13.7 Å². The van der Waals surface area contributed by atoms with Crippen molar-refractivity contribution in [3.05, 3.63) is 52.0 Å². The van der Waals surface area contributed by atoms with E-state index in [9.17, 15) is 4.39 Å². The molecule has 2 aromatic rings. The highest BCUT2D eigenvalue weighted by Crippen LogP contribution is 2.28. The third-order valence-electron chi connectivity index (χ3n) is 3.07. The van der Waals surface area contributed by atoms with Crippen LogP contribution in [0, 0.1) is 5.82 Å². The molecule has 0 aliphatic rings. The zero-order chi connectivity index (χ0) is 13.7. The van der Waals surface area contributed by atoms with E-state index >= 15 is 0 Å². The Balaban J connectivity index is 2.06. The molecule has 0 aliphatic heterocycles. The summed E-state index contributed by atoms with van der Waals surface area (Å²) in [5.74, 6) is 0.0617. The lowest BCUT2D eigenvalue weighted by molar-refractivity contribution is 0.300. The maximum atomic E-state index is 13.9. The van der Waals surface area contributed by atoms with E-state index in [0.29, 0.717) is 12.4 Å². The first-order valence-corrected chi connectivity index (χ1v) is 7.21. The van der Waals surface area contributed by atoms with Crippen LogP contribution in [0.4, 0.5) is 4.39 Å². The Labute approximate surface area is 117 Å². The molecule has 1 aromatic heterocycles. The fourth-order valence-electron chi connectivity index (χ4n) is 1.88. The molecule has 2 rings (SSSR count). The SMILES string of the molecule is CNC(C)c1cccc(F)c1OCCc1cccs1. The Morgan fingerprint density at radius 2 is 2.16 bits per heavy atom. The predicted octanol–water partition coefficient (Wildman–Crippen LogP) is 3.79. The van der Waals surface area contributed by atoms with Crippen molar-refractivity contribution in [3.63, 3.8) is 0 Å². The van der Waals surface area contributed by atoms with Crippen molar-refractivity contribution in [1.82, 2.24) is 5.32 Å². The summed E-state index contributed by atoms with van der Waals surface area (Å²) in [5, 5.41) is 5.14. The number of hydrogen-bond acceptors (Lipinski definition) is 3. The van der Waals surface area contributed by atoms with Crippen LogP contribution in [0.25, 0.3) is 0 Å². The minimum Gasteiger partial charge on any atom is -0.490 e. The molecule has 4 heteroatoms. The molecule has 0 saturated heterocycles. The molecule has 0 spiro atoms. The van der Waals surface area contributed by atoms with Gasteiger partial charge in [0, 0.05) is 22.9 Å². The molecule has 0 saturated carbocycles. The molecule has 1 heterocycles. The first-order valence-electron chi connectivity index (χ1n) is 6.33. The normalized spacial score (nSPS) is 12.4. The summed E-state index contributed by atoms with van der Waals surface area (Å²) in [7, 11) is 1.85. The highest BCUT2D eigenvalue weighted by molar-refractivity contribution is 7.09. The Hall–Kier alpha value is -1.39. The molecule has 1 N–H and O–H groups in total. The summed E-state index contributed by atoms with van der Waals surface area (Å²) in [5.41, 5.74) is 0.855. The van der Waals surface area contributed by atoms with Crippen LogP contribution in [0.3, 0.4) is 0 Å². The molecule has 1 unspecified atom stereocenters. The second-order valence-electron chi connectivity index (χ2n) is 4.35. The first-order chi connectivity index (χ1) is 9.22. The van der Waals surface area contributed by atoms with Crippen LogP contribution < -0.4 is 10.1 Å². The van der Waals surface area contributed by atoms with Gasteiger partial charge in [0.1, 0.15) is 0 Å². The Bertz CT molecular complexity index is 513. The van der Waals surface area contributed by atoms with Gasteiger partial charge in [0.2, 0.25) is 0 Å². The molecule has 2 nitrogen and oxygen atoms in total. The highest BCUT2D eigenvalue weighted by Gasteiger charge is 2.14. The van der Waals surface area contributed by atoms with Crippen LogP contribution >= 0.6 is 11.3 Å². The van der Waals surface area contributed by atoms with E-state index in [1.54, 1.807) is 17.4 Å². The van der Waals surface area contributed by atoms with Crippen molar-refractivity contribution in [2.75, 3.05) is 13.7 Å². The maximum Gasteiger partial charge on any atom is 0.165 e. The topological polar surface area (TPSA) is 21.3 Å². The fourth-order valence-corrected chi connectivity index (χ4v) is 2.57. The van der Waals surface area contributed by atoms with Crippen molar-refractivity contribution in [2.24, 2.45) is 0 Å². The van der Waals surface area contributed by atoms with Gasteiger partial charge in [-0.05, 0) is 31.5 Å². The molecule has 1 aromatic carbocycles. The van der Waals surface area contributed by atoms with Gasteiger partial charge in [0.25, 0.3) is 0 Å². The lowest BCUT2D eigenvalue weighted by Crippen LogP contribution is -2.15. The van der Waals surface area contributed by atoms with E-state index in [2.05, 4.69) is 11.4 Å². The Kier molecular flexibility index (Phi) is 4.93. The molecular formula is C15H18FNOS. The maximum absolute atomic E-state index is 13.9. The number of halogens is 1. The molecule has 19 heavy (non-hydrogen) atoms. The second kappa shape index (κ2) is 6.68. The van der Waals surface area contributed by atoms with Crippen molar-refractivity contribution < 1.29 is 9.13 Å². The van der Waals surface area contributed by atoms with Crippen LogP contribution in [-0.2, 0) is 6.42 Å². The van der Waals surface area contributed by atoms with Gasteiger partial charge in [0.15, 0.2) is 11.6 Å². The summed E-state index contributed by atoms with van der Waals surface area (Å²) < 4.78 is 19.5. The number of rotatable bonds is 6. The Morgan fingerprint density at radius 1 is 1.32 bits per heavy atom. The summed E-state index contributed by atoms with van der Waals surface area (Å²) in [4.78, 5) is 1.25. The monoisotopic (exact) mass is 279 g/mol. The molecule has 0 bridgehead atoms. The molecule has 0 aliphatic carbocycles. The molecule has 0 amide bonds. The van der Waals surface area contributed by atoms with Gasteiger partial charge >= 0.3 is 0 Å². The Morgan fingerprint density at radius 3 is 2.84 bits per heavy atom. The van der Waals surface area contributed by atoms with E-state index in [1.807, 2.05) is 31.5 Å². The fraction of sp³-hybridized carbons (Fsp3) is 0.333. The third kappa shape index (κ3) is 3.55. The molecule has 0 fully saturated rings. The average molecular weight is 279 g/mol. The van der Waals surface area contributed by atoms with Crippen molar-refractivity contribution >= 4 is 11.3 Å². The summed E-state index contributed by atoms with van der Waals surface area (Å²) in [6.45, 7) is 2.48. The van der Waals surface area contributed by atoms with Gasteiger partial charge < -0.3 is 10.1 Å². The predicted molar refractivity (Wildman–Crippen MR) is 77.4 cm³/mol. The lowest BCUT2D eigenvalue weighted by atomic mass is 10.1. The number of para-hydroxylation sites is 1. The largest absolute Gasteiger partial charge is 0.490 e. The van der Waals surface area contributed by atoms with Crippen LogP contribution in [0.15, 0.2) is 35.7 Å². The van der Waals surface area contributed by atoms with Gasteiger partial charge in [-0.1, -0.05) is 18.2 Å². The summed E-state index contributed by atoms with van der Waals surface area (Å²) in [6, 6.07) is 9.18. The molecule has 0 radical (unpaired) electrons. The van der Waals surface area contributed by atoms with Crippen molar-refractivity contribution in [1.29, 1.82) is 0 Å². The second-order valence-corrected chi connectivity index (χ2v) is 5.38. The van der Waals surface area contributed by atoms with E-state index < -0.39 is 0 Å². The first kappa shape index (κ1) is 14.0. The lowest BCUT2D eigenvalue weighted by Gasteiger charge is -2.17. The van der Waals surface area contributed by atoms with E-state index in [-0.39, 0.29) is 11.9 Å². The number of hydrogen-bond donors (Lipinski definition) is 1. The van der Waals surface area contributed by atoms with Crippen LogP contribution in [0.1, 0.15) is 23.4 Å².